The van der Waals surface area contributed by atoms with Crippen LogP contribution in [-0.4, -0.2) is 63.8 Å². The van der Waals surface area contributed by atoms with Crippen molar-refractivity contribution in [2.24, 2.45) is 4.99 Å². The molecular weight excluding hydrogens is 431 g/mol. The lowest BCUT2D eigenvalue weighted by atomic mass is 10.2. The van der Waals surface area contributed by atoms with Crippen LogP contribution in [0, 0.1) is 0 Å². The Morgan fingerprint density at radius 3 is 2.64 bits per heavy atom. The second kappa shape index (κ2) is 11.4. The third kappa shape index (κ3) is 6.89. The number of aliphatic imine (C=N–C) groups is 1. The zero-order valence-electron chi connectivity index (χ0n) is 15.6. The maximum atomic E-state index is 5.95. The highest BCUT2D eigenvalue weighted by atomic mass is 127. The standard InChI is InChI=1S/C18H30N4O2.HI/c1-14(24-17-10-6-5-9-16(17)23-4)12-20-18(19-2)21-13-15-8-7-11-22(15)3;/h5-6,9-10,14-15H,7-8,11-13H2,1-4H3,(H2,19,20,21);1H. The van der Waals surface area contributed by atoms with Crippen LogP contribution in [0.15, 0.2) is 29.3 Å². The molecule has 1 aromatic carbocycles. The Kier molecular flexibility index (Phi) is 9.96. The Labute approximate surface area is 168 Å². The molecular formula is C18H31IN4O2. The first-order chi connectivity index (χ1) is 11.6. The molecule has 25 heavy (non-hydrogen) atoms. The predicted octanol–water partition coefficient (Wildman–Crippen LogP) is 2.34. The van der Waals surface area contributed by atoms with Gasteiger partial charge in [-0.05, 0) is 45.5 Å². The molecule has 1 aromatic rings. The summed E-state index contributed by atoms with van der Waals surface area (Å²) in [5.74, 6) is 2.31. The van der Waals surface area contributed by atoms with Crippen LogP contribution >= 0.6 is 24.0 Å². The molecule has 0 radical (unpaired) electrons. The molecule has 0 bridgehead atoms. The molecule has 1 aliphatic rings. The molecule has 7 heteroatoms. The Morgan fingerprint density at radius 1 is 1.32 bits per heavy atom. The van der Waals surface area contributed by atoms with E-state index in [1.54, 1.807) is 14.2 Å². The number of likely N-dealkylation sites (N-methyl/N-ethyl adjacent to an activating group) is 1. The summed E-state index contributed by atoms with van der Waals surface area (Å²) in [7, 11) is 5.62. The van der Waals surface area contributed by atoms with Crippen molar-refractivity contribution in [1.29, 1.82) is 0 Å². The van der Waals surface area contributed by atoms with Gasteiger partial charge in [0.25, 0.3) is 0 Å². The summed E-state index contributed by atoms with van der Waals surface area (Å²) in [6.45, 7) is 4.79. The fraction of sp³-hybridized carbons (Fsp3) is 0.611. The zero-order valence-corrected chi connectivity index (χ0v) is 17.9. The van der Waals surface area contributed by atoms with Crippen LogP contribution in [0.4, 0.5) is 0 Å². The van der Waals surface area contributed by atoms with Gasteiger partial charge in [-0.15, -0.1) is 24.0 Å². The minimum atomic E-state index is -0.00555. The molecule has 2 atom stereocenters. The monoisotopic (exact) mass is 462 g/mol. The quantitative estimate of drug-likeness (QED) is 0.370. The molecule has 2 N–H and O–H groups in total. The van der Waals surface area contributed by atoms with Gasteiger partial charge in [-0.2, -0.15) is 0 Å². The predicted molar refractivity (Wildman–Crippen MR) is 114 cm³/mol. The van der Waals surface area contributed by atoms with Crippen molar-refractivity contribution in [3.8, 4) is 11.5 Å². The lowest BCUT2D eigenvalue weighted by Gasteiger charge is -2.22. The molecule has 142 valence electrons. The molecule has 0 amide bonds. The molecule has 0 saturated carbocycles. The number of benzene rings is 1. The fourth-order valence-electron chi connectivity index (χ4n) is 2.89. The highest BCUT2D eigenvalue weighted by molar-refractivity contribution is 14.0. The van der Waals surface area contributed by atoms with Crippen LogP contribution in [0.1, 0.15) is 19.8 Å². The summed E-state index contributed by atoms with van der Waals surface area (Å²) < 4.78 is 11.3. The molecule has 0 aromatic heterocycles. The van der Waals surface area contributed by atoms with E-state index < -0.39 is 0 Å². The number of guanidine groups is 1. The van der Waals surface area contributed by atoms with E-state index in [0.717, 1.165) is 24.0 Å². The van der Waals surface area contributed by atoms with Crippen molar-refractivity contribution in [1.82, 2.24) is 15.5 Å². The van der Waals surface area contributed by atoms with E-state index in [1.807, 2.05) is 31.2 Å². The van der Waals surface area contributed by atoms with Gasteiger partial charge in [0, 0.05) is 19.6 Å². The smallest absolute Gasteiger partial charge is 0.191 e. The number of para-hydroxylation sites is 2. The third-order valence-electron chi connectivity index (χ3n) is 4.35. The number of methoxy groups -OCH3 is 1. The van der Waals surface area contributed by atoms with Crippen LogP contribution in [0.3, 0.4) is 0 Å². The molecule has 6 nitrogen and oxygen atoms in total. The number of nitrogens with one attached hydrogen (secondary N) is 2. The molecule has 2 rings (SSSR count). The summed E-state index contributed by atoms with van der Waals surface area (Å²) in [5.41, 5.74) is 0. The van der Waals surface area contributed by atoms with Crippen molar-refractivity contribution in [3.63, 3.8) is 0 Å². The van der Waals surface area contributed by atoms with Gasteiger partial charge in [-0.3, -0.25) is 4.99 Å². The van der Waals surface area contributed by atoms with Gasteiger partial charge >= 0.3 is 0 Å². The first kappa shape index (κ1) is 21.8. The highest BCUT2D eigenvalue weighted by Crippen LogP contribution is 2.26. The Hall–Kier alpha value is -1.22. The van der Waals surface area contributed by atoms with Gasteiger partial charge < -0.3 is 25.0 Å². The molecule has 1 saturated heterocycles. The van der Waals surface area contributed by atoms with Crippen LogP contribution in [-0.2, 0) is 0 Å². The summed E-state index contributed by atoms with van der Waals surface area (Å²) in [4.78, 5) is 6.68. The normalized spacial score (nSPS) is 19.0. The van der Waals surface area contributed by atoms with E-state index in [0.29, 0.717) is 12.6 Å². The largest absolute Gasteiger partial charge is 0.493 e. The summed E-state index contributed by atoms with van der Waals surface area (Å²) in [6.07, 6.45) is 2.51. The molecule has 2 unspecified atom stereocenters. The SMILES string of the molecule is CN=C(NCC(C)Oc1ccccc1OC)NCC1CCCN1C.I. The lowest BCUT2D eigenvalue weighted by molar-refractivity contribution is 0.213. The van der Waals surface area contributed by atoms with Gasteiger partial charge in [0.2, 0.25) is 0 Å². The van der Waals surface area contributed by atoms with E-state index >= 15 is 0 Å². The van der Waals surface area contributed by atoms with E-state index in [2.05, 4.69) is 27.6 Å². The number of nitrogens with zero attached hydrogens (tertiary/aromatic N) is 2. The second-order valence-electron chi connectivity index (χ2n) is 6.19. The highest BCUT2D eigenvalue weighted by Gasteiger charge is 2.20. The Morgan fingerprint density at radius 2 is 2.04 bits per heavy atom. The second-order valence-corrected chi connectivity index (χ2v) is 6.19. The number of ether oxygens (including phenoxy) is 2. The van der Waals surface area contributed by atoms with E-state index in [-0.39, 0.29) is 30.1 Å². The van der Waals surface area contributed by atoms with Gasteiger partial charge in [-0.1, -0.05) is 12.1 Å². The molecule has 1 heterocycles. The summed E-state index contributed by atoms with van der Waals surface area (Å²) >= 11 is 0. The average Bonchev–Trinajstić information content (AvgIpc) is 3.00. The minimum absolute atomic E-state index is 0. The van der Waals surface area contributed by atoms with E-state index in [1.165, 1.54) is 19.4 Å². The summed E-state index contributed by atoms with van der Waals surface area (Å²) in [5, 5.41) is 6.72. The van der Waals surface area contributed by atoms with Gasteiger partial charge in [0.15, 0.2) is 17.5 Å². The van der Waals surface area contributed by atoms with Crippen LogP contribution in [0.2, 0.25) is 0 Å². The first-order valence-corrected chi connectivity index (χ1v) is 8.58. The van der Waals surface area contributed by atoms with Crippen LogP contribution < -0.4 is 20.1 Å². The average molecular weight is 462 g/mol. The number of rotatable bonds is 7. The molecule has 0 spiro atoms. The zero-order chi connectivity index (χ0) is 17.4. The van der Waals surface area contributed by atoms with Crippen molar-refractivity contribution in [2.45, 2.75) is 31.9 Å². The summed E-state index contributed by atoms with van der Waals surface area (Å²) in [6, 6.07) is 8.27. The maximum Gasteiger partial charge on any atom is 0.191 e. The van der Waals surface area contributed by atoms with Crippen molar-refractivity contribution >= 4 is 29.9 Å². The Bertz CT molecular complexity index is 542. The fourth-order valence-corrected chi connectivity index (χ4v) is 2.89. The van der Waals surface area contributed by atoms with Crippen LogP contribution in [0.25, 0.3) is 0 Å². The molecule has 1 fully saturated rings. The Balaban J connectivity index is 0.00000312. The third-order valence-corrected chi connectivity index (χ3v) is 4.35. The number of halogens is 1. The van der Waals surface area contributed by atoms with Gasteiger partial charge in [0.1, 0.15) is 6.10 Å². The van der Waals surface area contributed by atoms with Gasteiger partial charge in [0.05, 0.1) is 13.7 Å². The van der Waals surface area contributed by atoms with Crippen molar-refractivity contribution < 1.29 is 9.47 Å². The minimum Gasteiger partial charge on any atom is -0.493 e. The van der Waals surface area contributed by atoms with Crippen molar-refractivity contribution in [2.75, 3.05) is 40.8 Å². The topological polar surface area (TPSA) is 58.1 Å². The first-order valence-electron chi connectivity index (χ1n) is 8.58. The lowest BCUT2D eigenvalue weighted by Crippen LogP contribution is -2.46. The van der Waals surface area contributed by atoms with Crippen LogP contribution in [0.5, 0.6) is 11.5 Å². The van der Waals surface area contributed by atoms with Crippen molar-refractivity contribution in [3.05, 3.63) is 24.3 Å². The number of hydrogen-bond acceptors (Lipinski definition) is 4. The van der Waals surface area contributed by atoms with E-state index in [4.69, 9.17) is 9.47 Å². The maximum absolute atomic E-state index is 5.95. The molecule has 0 aliphatic carbocycles. The molecule has 1 aliphatic heterocycles. The number of hydrogen-bond donors (Lipinski definition) is 2. The number of likely N-dealkylation sites (tertiary alicyclic amines) is 1. The van der Waals surface area contributed by atoms with Gasteiger partial charge in [-0.25, -0.2) is 0 Å². The van der Waals surface area contributed by atoms with E-state index in [9.17, 15) is 0 Å².